The summed E-state index contributed by atoms with van der Waals surface area (Å²) in [5.74, 6) is 0.559. The minimum absolute atomic E-state index is 0.119. The minimum atomic E-state index is -0.324. The molecule has 1 aliphatic rings. The zero-order chi connectivity index (χ0) is 19.1. The molecule has 0 amide bonds. The highest BCUT2D eigenvalue weighted by Crippen LogP contribution is 2.45. The van der Waals surface area contributed by atoms with Crippen LogP contribution in [0.15, 0.2) is 48.4 Å². The van der Waals surface area contributed by atoms with Crippen LogP contribution in [0, 0.1) is 11.3 Å². The molecular formula is C19H19N7O. The number of hydrogen-bond donors (Lipinski definition) is 1. The number of aryl methyl sites for hydroxylation is 1. The number of nitrogens with zero attached hydrogens (tertiary/aromatic N) is 6. The summed E-state index contributed by atoms with van der Waals surface area (Å²) in [4.78, 5) is 3.97. The molecule has 0 radical (unpaired) electrons. The van der Waals surface area contributed by atoms with E-state index in [4.69, 9.17) is 10.5 Å². The highest BCUT2D eigenvalue weighted by atomic mass is 16.5. The lowest BCUT2D eigenvalue weighted by atomic mass is 9.82. The Labute approximate surface area is 156 Å². The van der Waals surface area contributed by atoms with Crippen LogP contribution < -0.4 is 10.5 Å². The van der Waals surface area contributed by atoms with Crippen LogP contribution in [0.1, 0.15) is 42.5 Å². The molecular weight excluding hydrogens is 342 g/mol. The fourth-order valence-electron chi connectivity index (χ4n) is 3.42. The Morgan fingerprint density at radius 2 is 2.00 bits per heavy atom. The number of nitrogens with two attached hydrogens (primary N) is 1. The Kier molecular flexibility index (Phi) is 3.92. The van der Waals surface area contributed by atoms with Crippen LogP contribution in [0.5, 0.6) is 5.88 Å². The van der Waals surface area contributed by atoms with Crippen LogP contribution in [0.4, 0.5) is 0 Å². The lowest BCUT2D eigenvalue weighted by Crippen LogP contribution is -2.22. The number of fused-ring (bicyclic) bond motifs is 1. The van der Waals surface area contributed by atoms with Crippen molar-refractivity contribution in [1.82, 2.24) is 24.5 Å². The molecule has 1 aliphatic heterocycles. The van der Waals surface area contributed by atoms with Gasteiger partial charge in [0.15, 0.2) is 0 Å². The standard InChI is InChI=1S/C19H19N7O/c1-11(2)17-16-15(14(8-20)18(21)27-19(16)25(3)24-17)12-4-6-13(7-5-12)26-10-22-9-23-26/h4-7,9-11,15H,21H2,1-3H3. The summed E-state index contributed by atoms with van der Waals surface area (Å²) in [6.45, 7) is 4.14. The first kappa shape index (κ1) is 16.8. The van der Waals surface area contributed by atoms with Gasteiger partial charge in [-0.25, -0.2) is 14.3 Å². The van der Waals surface area contributed by atoms with E-state index in [1.807, 2.05) is 31.3 Å². The Morgan fingerprint density at radius 3 is 2.59 bits per heavy atom. The van der Waals surface area contributed by atoms with Crippen molar-refractivity contribution in [2.75, 3.05) is 0 Å². The van der Waals surface area contributed by atoms with Gasteiger partial charge in [0.05, 0.1) is 22.9 Å². The van der Waals surface area contributed by atoms with E-state index in [1.54, 1.807) is 15.7 Å². The van der Waals surface area contributed by atoms with E-state index < -0.39 is 0 Å². The molecule has 0 spiro atoms. The van der Waals surface area contributed by atoms with Crippen molar-refractivity contribution >= 4 is 0 Å². The lowest BCUT2D eigenvalue weighted by molar-refractivity contribution is 0.358. The van der Waals surface area contributed by atoms with Gasteiger partial charge in [-0.05, 0) is 23.6 Å². The zero-order valence-electron chi connectivity index (χ0n) is 15.3. The van der Waals surface area contributed by atoms with Gasteiger partial charge in [0, 0.05) is 7.05 Å². The maximum absolute atomic E-state index is 9.74. The van der Waals surface area contributed by atoms with Crippen molar-refractivity contribution in [3.8, 4) is 17.6 Å². The topological polar surface area (TPSA) is 108 Å². The molecule has 4 rings (SSSR count). The van der Waals surface area contributed by atoms with Gasteiger partial charge in [-0.15, -0.1) is 0 Å². The average Bonchev–Trinajstić information content (AvgIpc) is 3.30. The Balaban J connectivity index is 1.87. The molecule has 8 heteroatoms. The molecule has 3 aromatic rings. The molecule has 2 aromatic heterocycles. The second kappa shape index (κ2) is 6.29. The summed E-state index contributed by atoms with van der Waals surface area (Å²) in [7, 11) is 1.82. The van der Waals surface area contributed by atoms with E-state index in [9.17, 15) is 5.26 Å². The molecule has 2 N–H and O–H groups in total. The van der Waals surface area contributed by atoms with Gasteiger partial charge in [-0.2, -0.15) is 15.5 Å². The Bertz CT molecular complexity index is 1050. The molecule has 0 fully saturated rings. The molecule has 27 heavy (non-hydrogen) atoms. The second-order valence-corrected chi connectivity index (χ2v) is 6.74. The van der Waals surface area contributed by atoms with E-state index in [2.05, 4.69) is 35.1 Å². The maximum atomic E-state index is 9.74. The summed E-state index contributed by atoms with van der Waals surface area (Å²) in [6, 6.07) is 10.0. The maximum Gasteiger partial charge on any atom is 0.224 e. The van der Waals surface area contributed by atoms with Crippen molar-refractivity contribution in [3.63, 3.8) is 0 Å². The largest absolute Gasteiger partial charge is 0.422 e. The third kappa shape index (κ3) is 2.64. The van der Waals surface area contributed by atoms with Gasteiger partial charge in [0.2, 0.25) is 11.8 Å². The van der Waals surface area contributed by atoms with Crippen molar-refractivity contribution in [1.29, 1.82) is 5.26 Å². The Morgan fingerprint density at radius 1 is 1.26 bits per heavy atom. The molecule has 3 heterocycles. The molecule has 0 bridgehead atoms. The van der Waals surface area contributed by atoms with Crippen LogP contribution in [0.2, 0.25) is 0 Å². The quantitative estimate of drug-likeness (QED) is 0.767. The van der Waals surface area contributed by atoms with Crippen LogP contribution in [0.25, 0.3) is 5.69 Å². The van der Waals surface area contributed by atoms with Gasteiger partial charge in [-0.1, -0.05) is 26.0 Å². The number of benzene rings is 1. The van der Waals surface area contributed by atoms with Gasteiger partial charge < -0.3 is 10.5 Å². The molecule has 1 atom stereocenters. The van der Waals surface area contributed by atoms with E-state index in [-0.39, 0.29) is 17.7 Å². The number of ether oxygens (including phenoxy) is 1. The van der Waals surface area contributed by atoms with E-state index >= 15 is 0 Å². The van der Waals surface area contributed by atoms with E-state index in [1.165, 1.54) is 6.33 Å². The Hall–Kier alpha value is -3.60. The van der Waals surface area contributed by atoms with Crippen molar-refractivity contribution < 1.29 is 4.74 Å². The molecule has 0 saturated heterocycles. The summed E-state index contributed by atoms with van der Waals surface area (Å²) >= 11 is 0. The highest BCUT2D eigenvalue weighted by Gasteiger charge is 2.36. The van der Waals surface area contributed by atoms with E-state index in [0.717, 1.165) is 22.5 Å². The first-order chi connectivity index (χ1) is 13.0. The average molecular weight is 361 g/mol. The van der Waals surface area contributed by atoms with E-state index in [0.29, 0.717) is 11.5 Å². The molecule has 1 aromatic carbocycles. The molecule has 0 aliphatic carbocycles. The van der Waals surface area contributed by atoms with Crippen LogP contribution in [0.3, 0.4) is 0 Å². The molecule has 136 valence electrons. The summed E-state index contributed by atoms with van der Waals surface area (Å²) < 4.78 is 9.11. The zero-order valence-corrected chi connectivity index (χ0v) is 15.3. The summed E-state index contributed by atoms with van der Waals surface area (Å²) in [6.07, 6.45) is 3.12. The number of allylic oxidation sites excluding steroid dienone is 1. The second-order valence-electron chi connectivity index (χ2n) is 6.74. The number of nitriles is 1. The van der Waals surface area contributed by atoms with Gasteiger partial charge in [0.1, 0.15) is 24.3 Å². The van der Waals surface area contributed by atoms with Crippen molar-refractivity contribution in [2.24, 2.45) is 12.8 Å². The predicted octanol–water partition coefficient (Wildman–Crippen LogP) is 2.34. The predicted molar refractivity (Wildman–Crippen MR) is 98.0 cm³/mol. The number of aromatic nitrogens is 5. The third-order valence-electron chi connectivity index (χ3n) is 4.68. The summed E-state index contributed by atoms with van der Waals surface area (Å²) in [5, 5.41) is 18.5. The lowest BCUT2D eigenvalue weighted by Gasteiger charge is -2.25. The number of rotatable bonds is 3. The summed E-state index contributed by atoms with van der Waals surface area (Å²) in [5.41, 5.74) is 10.1. The van der Waals surface area contributed by atoms with Crippen molar-refractivity contribution in [3.05, 3.63) is 65.2 Å². The first-order valence-corrected chi connectivity index (χ1v) is 8.60. The van der Waals surface area contributed by atoms with Crippen LogP contribution >= 0.6 is 0 Å². The fourth-order valence-corrected chi connectivity index (χ4v) is 3.42. The number of hydrogen-bond acceptors (Lipinski definition) is 6. The van der Waals surface area contributed by atoms with Crippen molar-refractivity contribution in [2.45, 2.75) is 25.7 Å². The molecule has 1 unspecified atom stereocenters. The fraction of sp³-hybridized carbons (Fsp3) is 0.263. The smallest absolute Gasteiger partial charge is 0.224 e. The van der Waals surface area contributed by atoms with Gasteiger partial charge in [-0.3, -0.25) is 0 Å². The molecule has 8 nitrogen and oxygen atoms in total. The third-order valence-corrected chi connectivity index (χ3v) is 4.68. The molecule has 0 saturated carbocycles. The minimum Gasteiger partial charge on any atom is -0.422 e. The SMILES string of the molecule is CC(C)c1nn(C)c2c1C(c1ccc(-n3cncn3)cc1)C(C#N)=C(N)O2. The van der Waals surface area contributed by atoms with Crippen LogP contribution in [-0.2, 0) is 7.05 Å². The van der Waals surface area contributed by atoms with Gasteiger partial charge >= 0.3 is 0 Å². The normalized spacial score (nSPS) is 16.2. The monoisotopic (exact) mass is 361 g/mol. The highest BCUT2D eigenvalue weighted by molar-refractivity contribution is 5.56. The van der Waals surface area contributed by atoms with Gasteiger partial charge in [0.25, 0.3) is 0 Å². The van der Waals surface area contributed by atoms with Crippen LogP contribution in [-0.4, -0.2) is 24.5 Å². The first-order valence-electron chi connectivity index (χ1n) is 8.60.